The molecule has 0 spiro atoms. The number of nitrogens with two attached hydrogens (primary N) is 1. The second kappa shape index (κ2) is 6.13. The van der Waals surface area contributed by atoms with Gasteiger partial charge in [-0.25, -0.2) is 0 Å². The molecule has 1 aliphatic carbocycles. The highest BCUT2D eigenvalue weighted by Gasteiger charge is 2.34. The van der Waals surface area contributed by atoms with Crippen molar-refractivity contribution in [3.05, 3.63) is 30.3 Å². The minimum absolute atomic E-state index is 0.0169. The Morgan fingerprint density at radius 1 is 1.37 bits per heavy atom. The van der Waals surface area contributed by atoms with Gasteiger partial charge in [-0.05, 0) is 31.4 Å². The van der Waals surface area contributed by atoms with Crippen molar-refractivity contribution < 1.29 is 18.8 Å². The summed E-state index contributed by atoms with van der Waals surface area (Å²) in [5.41, 5.74) is 4.24. The van der Waals surface area contributed by atoms with Crippen LogP contribution in [0.3, 0.4) is 0 Å². The van der Waals surface area contributed by atoms with E-state index in [1.54, 1.807) is 24.3 Å². The smallest absolute Gasteiger partial charge is 0.312 e. The minimum Gasteiger partial charge on any atom is -0.462 e. The number of para-hydroxylation sites is 1. The van der Waals surface area contributed by atoms with Crippen LogP contribution in [0.4, 0.5) is 0 Å². The number of benzene rings is 1. The first-order valence-corrected chi connectivity index (χ1v) is 6.99. The molecule has 0 saturated heterocycles. The maximum absolute atomic E-state index is 11.7. The van der Waals surface area contributed by atoms with Gasteiger partial charge in [0.2, 0.25) is 13.9 Å². The molecule has 1 atom stereocenters. The largest absolute Gasteiger partial charge is 0.462 e. The minimum atomic E-state index is -1.58. The van der Waals surface area contributed by atoms with Crippen molar-refractivity contribution in [2.24, 2.45) is 5.73 Å². The number of rotatable bonds is 6. The molecule has 102 valence electrons. The lowest BCUT2D eigenvalue weighted by Gasteiger charge is -2.27. The zero-order chi connectivity index (χ0) is 13.7. The molecule has 0 amide bonds. The first-order chi connectivity index (χ1) is 9.11. The predicted octanol–water partition coefficient (Wildman–Crippen LogP) is 2.46. The van der Waals surface area contributed by atoms with E-state index in [-0.39, 0.29) is 12.5 Å². The van der Waals surface area contributed by atoms with Gasteiger partial charge < -0.3 is 9.47 Å². The van der Waals surface area contributed by atoms with Crippen LogP contribution in [0.1, 0.15) is 25.7 Å². The highest BCUT2D eigenvalue weighted by Crippen LogP contribution is 2.28. The Morgan fingerprint density at radius 2 is 2.05 bits per heavy atom. The van der Waals surface area contributed by atoms with E-state index in [9.17, 15) is 9.36 Å². The summed E-state index contributed by atoms with van der Waals surface area (Å²) in [7, 11) is -0.454. The molecule has 0 aromatic heterocycles. The van der Waals surface area contributed by atoms with Crippen molar-refractivity contribution in [2.75, 3.05) is 0 Å². The fraction of sp³-hybridized carbons (Fsp3) is 0.462. The van der Waals surface area contributed by atoms with Crippen LogP contribution >= 0.6 is 8.46 Å². The van der Waals surface area contributed by atoms with Crippen molar-refractivity contribution in [1.82, 2.24) is 0 Å². The summed E-state index contributed by atoms with van der Waals surface area (Å²) < 4.78 is 21.8. The molecule has 6 heteroatoms. The quantitative estimate of drug-likeness (QED) is 0.492. The molecule has 2 rings (SSSR count). The highest BCUT2D eigenvalue weighted by atomic mass is 31.1. The summed E-state index contributed by atoms with van der Waals surface area (Å²) in [5.74, 6) is -0.0173. The zero-order valence-electron chi connectivity index (χ0n) is 10.5. The first kappa shape index (κ1) is 14.0. The van der Waals surface area contributed by atoms with Gasteiger partial charge in [-0.2, -0.15) is 0 Å². The second-order valence-corrected chi connectivity index (χ2v) is 5.51. The van der Waals surface area contributed by atoms with Crippen molar-refractivity contribution in [3.63, 3.8) is 0 Å². The second-order valence-electron chi connectivity index (χ2n) is 4.57. The van der Waals surface area contributed by atoms with Gasteiger partial charge in [0.15, 0.2) is 0 Å². The summed E-state index contributed by atoms with van der Waals surface area (Å²) in [6.45, 7) is 0. The molecule has 1 aromatic carbocycles. The van der Waals surface area contributed by atoms with Crippen molar-refractivity contribution >= 4 is 14.4 Å². The third-order valence-corrected chi connectivity index (χ3v) is 3.50. The Balaban J connectivity index is 1.93. The summed E-state index contributed by atoms with van der Waals surface area (Å²) in [6.07, 6.45) is 2.59. The van der Waals surface area contributed by atoms with Gasteiger partial charge >= 0.3 is 5.97 Å². The van der Waals surface area contributed by atoms with Gasteiger partial charge in [-0.15, -0.1) is 0 Å². The van der Waals surface area contributed by atoms with Crippen LogP contribution in [0.15, 0.2) is 30.3 Å². The molecule has 1 unspecified atom stereocenters. The third kappa shape index (κ3) is 4.01. The van der Waals surface area contributed by atoms with Gasteiger partial charge in [0, 0.05) is 0 Å². The van der Waals surface area contributed by atoms with Crippen molar-refractivity contribution in [1.29, 1.82) is 0 Å². The summed E-state index contributed by atoms with van der Waals surface area (Å²) in [4.78, 5) is 11.7. The van der Waals surface area contributed by atoms with E-state index < -0.39 is 19.9 Å². The molecule has 1 aliphatic rings. The topological polar surface area (TPSA) is 78.6 Å². The van der Waals surface area contributed by atoms with Crippen LogP contribution in [-0.4, -0.2) is 17.5 Å². The molecule has 1 saturated carbocycles. The lowest BCUT2D eigenvalue weighted by Crippen LogP contribution is -2.43. The van der Waals surface area contributed by atoms with Crippen LogP contribution in [0.25, 0.3) is 0 Å². The van der Waals surface area contributed by atoms with E-state index in [2.05, 4.69) is 0 Å². The monoisotopic (exact) mass is 281 g/mol. The van der Waals surface area contributed by atoms with E-state index in [4.69, 9.17) is 15.2 Å². The van der Waals surface area contributed by atoms with Gasteiger partial charge in [0.05, 0.1) is 0 Å². The Kier molecular flexibility index (Phi) is 4.51. The third-order valence-electron chi connectivity index (χ3n) is 2.94. The SMILES string of the molecule is NC(CC(=O)OC1CCC1)(Oc1ccccc1)P=O. The average molecular weight is 281 g/mol. The Labute approximate surface area is 113 Å². The van der Waals surface area contributed by atoms with Gasteiger partial charge in [0.1, 0.15) is 18.3 Å². The molecule has 2 N–H and O–H groups in total. The lowest BCUT2D eigenvalue weighted by molar-refractivity contribution is -0.155. The number of hydrogen-bond donors (Lipinski definition) is 1. The van der Waals surface area contributed by atoms with E-state index in [1.807, 2.05) is 6.07 Å². The molecule has 0 radical (unpaired) electrons. The Bertz CT molecular complexity index is 449. The Morgan fingerprint density at radius 3 is 2.58 bits per heavy atom. The fourth-order valence-electron chi connectivity index (χ4n) is 1.70. The molecular formula is C13H16NO4P. The molecular weight excluding hydrogens is 265 g/mol. The lowest BCUT2D eigenvalue weighted by atomic mass is 9.96. The van der Waals surface area contributed by atoms with Crippen LogP contribution in [0.2, 0.25) is 0 Å². The van der Waals surface area contributed by atoms with Crippen molar-refractivity contribution in [3.8, 4) is 5.75 Å². The van der Waals surface area contributed by atoms with Gasteiger partial charge in [-0.1, -0.05) is 18.2 Å². The number of ether oxygens (including phenoxy) is 2. The van der Waals surface area contributed by atoms with Crippen LogP contribution < -0.4 is 10.5 Å². The van der Waals surface area contributed by atoms with Crippen LogP contribution in [0, 0.1) is 0 Å². The maximum Gasteiger partial charge on any atom is 0.312 e. The summed E-state index contributed by atoms with van der Waals surface area (Å²) in [6, 6.07) is 8.73. The van der Waals surface area contributed by atoms with Crippen LogP contribution in [-0.2, 0) is 14.1 Å². The molecule has 1 aromatic rings. The standard InChI is InChI=1S/C13H16NO4P/c14-13(19-16,18-11-5-2-1-3-6-11)9-12(15)17-10-7-4-8-10/h1-3,5-6,10H,4,7-9,14H2. The van der Waals surface area contributed by atoms with Crippen LogP contribution in [0.5, 0.6) is 5.75 Å². The Hall–Kier alpha value is -1.45. The van der Waals surface area contributed by atoms with Crippen molar-refractivity contribution in [2.45, 2.75) is 37.3 Å². The summed E-state index contributed by atoms with van der Waals surface area (Å²) in [5, 5.41) is 0. The molecule has 19 heavy (non-hydrogen) atoms. The van der Waals surface area contributed by atoms with E-state index in [1.165, 1.54) is 0 Å². The van der Waals surface area contributed by atoms with Gasteiger partial charge in [0.25, 0.3) is 0 Å². The number of carbonyl (C=O) groups excluding carboxylic acids is 1. The molecule has 0 bridgehead atoms. The summed E-state index contributed by atoms with van der Waals surface area (Å²) >= 11 is 0. The number of carbonyl (C=O) groups is 1. The molecule has 5 nitrogen and oxygen atoms in total. The van der Waals surface area contributed by atoms with Gasteiger partial charge in [-0.3, -0.25) is 15.1 Å². The fourth-order valence-corrected chi connectivity index (χ4v) is 2.04. The van der Waals surface area contributed by atoms with E-state index in [0.717, 1.165) is 19.3 Å². The average Bonchev–Trinajstić information content (AvgIpc) is 2.35. The first-order valence-electron chi connectivity index (χ1n) is 6.18. The highest BCUT2D eigenvalue weighted by molar-refractivity contribution is 7.25. The normalized spacial score (nSPS) is 18.4. The number of hydrogen-bond acceptors (Lipinski definition) is 5. The molecule has 0 heterocycles. The maximum atomic E-state index is 11.7. The molecule has 0 aliphatic heterocycles. The molecule has 1 fully saturated rings. The predicted molar refractivity (Wildman–Crippen MR) is 69.9 cm³/mol. The van der Waals surface area contributed by atoms with E-state index >= 15 is 0 Å². The number of esters is 1. The zero-order valence-corrected chi connectivity index (χ0v) is 11.3. The van der Waals surface area contributed by atoms with E-state index in [0.29, 0.717) is 5.75 Å².